The highest BCUT2D eigenvalue weighted by molar-refractivity contribution is 5.68. The van der Waals surface area contributed by atoms with Crippen LogP contribution in [0.3, 0.4) is 0 Å². The van der Waals surface area contributed by atoms with Crippen LogP contribution < -0.4 is 4.74 Å². The highest BCUT2D eigenvalue weighted by Gasteiger charge is 2.21. The first kappa shape index (κ1) is 15.5. The molecule has 3 heteroatoms. The molecule has 106 valence electrons. The molecule has 0 saturated carbocycles. The van der Waals surface area contributed by atoms with Crippen LogP contribution >= 0.6 is 0 Å². The molecule has 19 heavy (non-hydrogen) atoms. The Labute approximate surface area is 115 Å². The molecule has 1 unspecified atom stereocenters. The third-order valence-corrected chi connectivity index (χ3v) is 3.79. The first-order valence-electron chi connectivity index (χ1n) is 6.78. The fourth-order valence-electron chi connectivity index (χ4n) is 2.81. The predicted molar refractivity (Wildman–Crippen MR) is 77.1 cm³/mol. The molecular formula is C16H24O3. The fourth-order valence-corrected chi connectivity index (χ4v) is 2.81. The molecule has 0 fully saturated rings. The zero-order valence-electron chi connectivity index (χ0n) is 12.5. The average molecular weight is 264 g/mol. The molecule has 1 aromatic carbocycles. The Morgan fingerprint density at radius 1 is 1.32 bits per heavy atom. The predicted octanol–water partition coefficient (Wildman–Crippen LogP) is 3.98. The lowest BCUT2D eigenvalue weighted by atomic mass is 9.83. The van der Waals surface area contributed by atoms with E-state index in [0.29, 0.717) is 0 Å². The second-order valence-electron chi connectivity index (χ2n) is 5.14. The van der Waals surface area contributed by atoms with Crippen LogP contribution in [0.1, 0.15) is 54.4 Å². The van der Waals surface area contributed by atoms with Crippen molar-refractivity contribution in [3.63, 3.8) is 0 Å². The number of hydrogen-bond donors (Lipinski definition) is 1. The number of benzene rings is 1. The van der Waals surface area contributed by atoms with Gasteiger partial charge in [0.1, 0.15) is 5.75 Å². The largest absolute Gasteiger partial charge is 0.496 e. The van der Waals surface area contributed by atoms with Gasteiger partial charge in [-0.3, -0.25) is 4.79 Å². The van der Waals surface area contributed by atoms with E-state index >= 15 is 0 Å². The minimum absolute atomic E-state index is 0.0899. The molecule has 1 aromatic rings. The van der Waals surface area contributed by atoms with E-state index in [1.807, 2.05) is 19.9 Å². The van der Waals surface area contributed by atoms with Crippen LogP contribution in [0.4, 0.5) is 0 Å². The van der Waals surface area contributed by atoms with Gasteiger partial charge in [0.2, 0.25) is 0 Å². The topological polar surface area (TPSA) is 46.5 Å². The number of carbonyl (C=O) groups is 1. The van der Waals surface area contributed by atoms with Gasteiger partial charge in [-0.05, 0) is 61.4 Å². The van der Waals surface area contributed by atoms with E-state index in [-0.39, 0.29) is 12.3 Å². The van der Waals surface area contributed by atoms with Gasteiger partial charge in [-0.1, -0.05) is 13.3 Å². The Morgan fingerprint density at radius 3 is 2.42 bits per heavy atom. The summed E-state index contributed by atoms with van der Waals surface area (Å²) >= 11 is 0. The summed E-state index contributed by atoms with van der Waals surface area (Å²) in [6, 6.07) is 2.02. The number of aryl methyl sites for hydroxylation is 1. The van der Waals surface area contributed by atoms with Gasteiger partial charge in [0.25, 0.3) is 0 Å². The normalized spacial score (nSPS) is 12.3. The number of aliphatic carboxylic acids is 1. The van der Waals surface area contributed by atoms with E-state index in [2.05, 4.69) is 13.8 Å². The van der Waals surface area contributed by atoms with E-state index in [1.165, 1.54) is 5.56 Å². The van der Waals surface area contributed by atoms with Gasteiger partial charge in [0.05, 0.1) is 13.5 Å². The maximum atomic E-state index is 11.1. The minimum Gasteiger partial charge on any atom is -0.496 e. The van der Waals surface area contributed by atoms with Gasteiger partial charge >= 0.3 is 5.97 Å². The van der Waals surface area contributed by atoms with Crippen molar-refractivity contribution < 1.29 is 14.6 Å². The third kappa shape index (κ3) is 3.49. The summed E-state index contributed by atoms with van der Waals surface area (Å²) < 4.78 is 5.37. The molecule has 1 N–H and O–H groups in total. The second-order valence-corrected chi connectivity index (χ2v) is 5.14. The molecule has 0 spiro atoms. The van der Waals surface area contributed by atoms with Crippen LogP contribution in [0.5, 0.6) is 5.75 Å². The molecule has 0 aliphatic carbocycles. The van der Waals surface area contributed by atoms with Crippen molar-refractivity contribution in [2.45, 2.75) is 52.9 Å². The molecule has 3 nitrogen and oxygen atoms in total. The van der Waals surface area contributed by atoms with Crippen molar-refractivity contribution in [3.05, 3.63) is 28.3 Å². The van der Waals surface area contributed by atoms with Gasteiger partial charge in [0.15, 0.2) is 0 Å². The second kappa shape index (κ2) is 6.60. The molecule has 0 heterocycles. The number of hydrogen-bond acceptors (Lipinski definition) is 2. The maximum Gasteiger partial charge on any atom is 0.303 e. The molecule has 0 aromatic heterocycles. The first-order valence-corrected chi connectivity index (χ1v) is 6.78. The quantitative estimate of drug-likeness (QED) is 0.845. The van der Waals surface area contributed by atoms with E-state index in [4.69, 9.17) is 9.84 Å². The number of carboxylic acid groups (broad SMARTS) is 1. The van der Waals surface area contributed by atoms with Crippen LogP contribution in [0.2, 0.25) is 0 Å². The molecule has 0 aliphatic rings. The van der Waals surface area contributed by atoms with Crippen molar-refractivity contribution in [1.82, 2.24) is 0 Å². The lowest BCUT2D eigenvalue weighted by Gasteiger charge is -2.22. The molecule has 1 atom stereocenters. The number of ether oxygens (including phenoxy) is 1. The van der Waals surface area contributed by atoms with Crippen molar-refractivity contribution in [2.75, 3.05) is 7.11 Å². The summed E-state index contributed by atoms with van der Waals surface area (Å²) in [6.45, 7) is 8.22. The van der Waals surface area contributed by atoms with Crippen LogP contribution in [0.15, 0.2) is 6.07 Å². The molecule has 0 radical (unpaired) electrons. The molecule has 0 aliphatic heterocycles. The van der Waals surface area contributed by atoms with Gasteiger partial charge < -0.3 is 9.84 Å². The monoisotopic (exact) mass is 264 g/mol. The zero-order chi connectivity index (χ0) is 14.6. The van der Waals surface area contributed by atoms with Gasteiger partial charge in [-0.15, -0.1) is 0 Å². The van der Waals surface area contributed by atoms with Crippen LogP contribution in [-0.4, -0.2) is 18.2 Å². The van der Waals surface area contributed by atoms with Crippen LogP contribution in [-0.2, 0) is 4.79 Å². The van der Waals surface area contributed by atoms with E-state index in [0.717, 1.165) is 35.3 Å². The Hall–Kier alpha value is -1.51. The van der Waals surface area contributed by atoms with Gasteiger partial charge in [0, 0.05) is 0 Å². The number of rotatable bonds is 6. The maximum absolute atomic E-state index is 11.1. The summed E-state index contributed by atoms with van der Waals surface area (Å²) in [7, 11) is 1.67. The number of carboxylic acids is 1. The summed E-state index contributed by atoms with van der Waals surface area (Å²) in [4.78, 5) is 11.1. The smallest absolute Gasteiger partial charge is 0.303 e. The van der Waals surface area contributed by atoms with E-state index < -0.39 is 5.97 Å². The molecule has 0 amide bonds. The average Bonchev–Trinajstić information content (AvgIpc) is 2.33. The van der Waals surface area contributed by atoms with Gasteiger partial charge in [-0.2, -0.15) is 0 Å². The Balaban J connectivity index is 3.29. The van der Waals surface area contributed by atoms with Crippen LogP contribution in [0.25, 0.3) is 0 Å². The van der Waals surface area contributed by atoms with Crippen LogP contribution in [0, 0.1) is 20.8 Å². The fraction of sp³-hybridized carbons (Fsp3) is 0.562. The summed E-state index contributed by atoms with van der Waals surface area (Å²) in [5.41, 5.74) is 4.58. The highest BCUT2D eigenvalue weighted by atomic mass is 16.5. The molecule has 0 saturated heterocycles. The molecule has 0 bridgehead atoms. The SMILES string of the molecule is CCCC(CC(=O)O)c1c(C)cc(OC)c(C)c1C. The summed E-state index contributed by atoms with van der Waals surface area (Å²) in [5.74, 6) is 0.238. The van der Waals surface area contributed by atoms with Crippen molar-refractivity contribution in [1.29, 1.82) is 0 Å². The Bertz CT molecular complexity index is 464. The highest BCUT2D eigenvalue weighted by Crippen LogP contribution is 2.35. The van der Waals surface area contributed by atoms with Crippen molar-refractivity contribution in [3.8, 4) is 5.75 Å². The Kier molecular flexibility index (Phi) is 5.40. The van der Waals surface area contributed by atoms with E-state index in [1.54, 1.807) is 7.11 Å². The zero-order valence-corrected chi connectivity index (χ0v) is 12.5. The summed E-state index contributed by atoms with van der Waals surface area (Å²) in [5, 5.41) is 9.10. The molecular weight excluding hydrogens is 240 g/mol. The Morgan fingerprint density at radius 2 is 1.95 bits per heavy atom. The van der Waals surface area contributed by atoms with Crippen molar-refractivity contribution in [2.24, 2.45) is 0 Å². The lowest BCUT2D eigenvalue weighted by molar-refractivity contribution is -0.137. The van der Waals surface area contributed by atoms with E-state index in [9.17, 15) is 4.79 Å². The first-order chi connectivity index (χ1) is 8.92. The lowest BCUT2D eigenvalue weighted by Crippen LogP contribution is -2.10. The van der Waals surface area contributed by atoms with Gasteiger partial charge in [-0.25, -0.2) is 0 Å². The molecule has 1 rings (SSSR count). The van der Waals surface area contributed by atoms with Crippen molar-refractivity contribution >= 4 is 5.97 Å². The number of methoxy groups -OCH3 is 1. The standard InChI is InChI=1S/C16H24O3/c1-6-7-13(9-15(17)18)16-10(2)8-14(19-5)11(3)12(16)4/h8,13H,6-7,9H2,1-5H3,(H,17,18). The summed E-state index contributed by atoms with van der Waals surface area (Å²) in [6.07, 6.45) is 2.09. The minimum atomic E-state index is -0.731. The third-order valence-electron chi connectivity index (χ3n) is 3.79.